The van der Waals surface area contributed by atoms with Crippen molar-refractivity contribution in [3.05, 3.63) is 51.9 Å². The summed E-state index contributed by atoms with van der Waals surface area (Å²) in [4.78, 5) is 26.1. The molecule has 0 fully saturated rings. The molecule has 1 aromatic carbocycles. The van der Waals surface area contributed by atoms with Crippen molar-refractivity contribution in [2.75, 3.05) is 18.5 Å². The van der Waals surface area contributed by atoms with Crippen molar-refractivity contribution in [1.29, 1.82) is 0 Å². The minimum absolute atomic E-state index is 0.263. The third-order valence-electron chi connectivity index (χ3n) is 4.67. The monoisotopic (exact) mass is 413 g/mol. The fraction of sp³-hybridized carbons (Fsp3) is 0.391. The number of fused-ring (bicyclic) bond motifs is 1. The molecule has 1 heterocycles. The van der Waals surface area contributed by atoms with E-state index in [0.717, 1.165) is 49.0 Å². The number of aryl methyl sites for hydroxylation is 1. The Morgan fingerprint density at radius 3 is 2.62 bits per heavy atom. The van der Waals surface area contributed by atoms with Crippen molar-refractivity contribution < 1.29 is 19.1 Å². The fourth-order valence-corrected chi connectivity index (χ4v) is 4.57. The van der Waals surface area contributed by atoms with Crippen molar-refractivity contribution in [2.24, 2.45) is 0 Å². The van der Waals surface area contributed by atoms with Crippen LogP contribution in [0.3, 0.4) is 0 Å². The molecule has 1 amide bonds. The van der Waals surface area contributed by atoms with Gasteiger partial charge in [0.05, 0.1) is 18.8 Å². The van der Waals surface area contributed by atoms with E-state index >= 15 is 0 Å². The molecule has 0 saturated heterocycles. The molecule has 5 nitrogen and oxygen atoms in total. The maximum absolute atomic E-state index is 12.5. The van der Waals surface area contributed by atoms with Crippen LogP contribution in [0.1, 0.15) is 59.5 Å². The normalized spacial score (nSPS) is 13.2. The van der Waals surface area contributed by atoms with Crippen LogP contribution < -0.4 is 10.1 Å². The van der Waals surface area contributed by atoms with Crippen molar-refractivity contribution in [3.8, 4) is 5.75 Å². The molecule has 1 aliphatic carbocycles. The number of esters is 1. The van der Waals surface area contributed by atoms with E-state index in [2.05, 4.69) is 12.2 Å². The van der Waals surface area contributed by atoms with Gasteiger partial charge in [0.15, 0.2) is 0 Å². The van der Waals surface area contributed by atoms with Gasteiger partial charge in [-0.25, -0.2) is 4.79 Å². The lowest BCUT2D eigenvalue weighted by Crippen LogP contribution is -2.14. The second-order valence-corrected chi connectivity index (χ2v) is 7.98. The molecule has 0 aliphatic heterocycles. The molecular weight excluding hydrogens is 386 g/mol. The summed E-state index contributed by atoms with van der Waals surface area (Å²) in [6.07, 6.45) is 8.17. The number of thiophene rings is 1. The molecule has 0 radical (unpaired) electrons. The zero-order valence-corrected chi connectivity index (χ0v) is 17.8. The fourth-order valence-electron chi connectivity index (χ4n) is 3.29. The van der Waals surface area contributed by atoms with E-state index in [1.54, 1.807) is 13.0 Å². The first-order valence-corrected chi connectivity index (χ1v) is 11.0. The summed E-state index contributed by atoms with van der Waals surface area (Å²) in [5.74, 6) is 0.200. The summed E-state index contributed by atoms with van der Waals surface area (Å²) in [5.41, 5.74) is 2.48. The van der Waals surface area contributed by atoms with Gasteiger partial charge in [-0.3, -0.25) is 4.79 Å². The van der Waals surface area contributed by atoms with Crippen LogP contribution in [-0.4, -0.2) is 25.1 Å². The first-order chi connectivity index (χ1) is 14.1. The number of rotatable bonds is 8. The molecule has 154 valence electrons. The zero-order chi connectivity index (χ0) is 20.6. The first kappa shape index (κ1) is 21.1. The van der Waals surface area contributed by atoms with E-state index < -0.39 is 0 Å². The Hall–Kier alpha value is -2.60. The van der Waals surface area contributed by atoms with Gasteiger partial charge < -0.3 is 14.8 Å². The zero-order valence-electron chi connectivity index (χ0n) is 17.0. The second-order valence-electron chi connectivity index (χ2n) is 6.88. The van der Waals surface area contributed by atoms with Crippen LogP contribution in [0.5, 0.6) is 5.75 Å². The Kier molecular flexibility index (Phi) is 7.47. The van der Waals surface area contributed by atoms with E-state index in [-0.39, 0.29) is 11.9 Å². The Morgan fingerprint density at radius 2 is 1.90 bits per heavy atom. The van der Waals surface area contributed by atoms with Gasteiger partial charge in [-0.2, -0.15) is 0 Å². The van der Waals surface area contributed by atoms with Gasteiger partial charge in [-0.15, -0.1) is 11.3 Å². The Morgan fingerprint density at radius 1 is 1.14 bits per heavy atom. The largest absolute Gasteiger partial charge is 0.494 e. The number of hydrogen-bond acceptors (Lipinski definition) is 5. The van der Waals surface area contributed by atoms with Crippen LogP contribution in [0, 0.1) is 0 Å². The maximum atomic E-state index is 12.5. The highest BCUT2D eigenvalue weighted by Gasteiger charge is 2.26. The van der Waals surface area contributed by atoms with Crippen LogP contribution in [0.15, 0.2) is 30.3 Å². The molecule has 0 atom stereocenters. The number of benzene rings is 1. The number of anilines is 1. The van der Waals surface area contributed by atoms with Gasteiger partial charge in [-0.05, 0) is 68.4 Å². The van der Waals surface area contributed by atoms with E-state index in [1.807, 2.05) is 24.3 Å². The molecule has 0 bridgehead atoms. The van der Waals surface area contributed by atoms with Crippen LogP contribution in [-0.2, 0) is 22.4 Å². The minimum Gasteiger partial charge on any atom is -0.494 e. The molecule has 0 unspecified atom stereocenters. The third-order valence-corrected chi connectivity index (χ3v) is 5.87. The standard InChI is InChI=1S/C23H27NO4S/c1-3-15-28-17-12-9-16(10-13-17)11-14-20(25)24-22-21(23(26)27-4-2)18-7-5-6-8-19(18)29-22/h9-14H,3-8,15H2,1-2H3,(H,24,25). The molecule has 1 aromatic heterocycles. The van der Waals surface area contributed by atoms with Crippen LogP contribution in [0.25, 0.3) is 6.08 Å². The number of hydrogen-bond donors (Lipinski definition) is 1. The van der Waals surface area contributed by atoms with Gasteiger partial charge in [0.25, 0.3) is 0 Å². The quantitative estimate of drug-likeness (QED) is 0.474. The third kappa shape index (κ3) is 5.48. The molecule has 0 spiro atoms. The SMILES string of the molecule is CCCOc1ccc(C=CC(=O)Nc2sc3c(c2C(=O)OCC)CCCC3)cc1. The molecule has 1 N–H and O–H groups in total. The van der Waals surface area contributed by atoms with Gasteiger partial charge in [-0.1, -0.05) is 19.1 Å². The number of amides is 1. The predicted molar refractivity (Wildman–Crippen MR) is 117 cm³/mol. The Bertz CT molecular complexity index is 883. The molecule has 3 rings (SSSR count). The number of carbonyl (C=O) groups excluding carboxylic acids is 2. The average Bonchev–Trinajstić information content (AvgIpc) is 3.09. The topological polar surface area (TPSA) is 64.6 Å². The van der Waals surface area contributed by atoms with Crippen molar-refractivity contribution >= 4 is 34.3 Å². The van der Waals surface area contributed by atoms with Gasteiger partial charge in [0.2, 0.25) is 5.91 Å². The molecule has 29 heavy (non-hydrogen) atoms. The smallest absolute Gasteiger partial charge is 0.341 e. The predicted octanol–water partition coefficient (Wildman–Crippen LogP) is 5.24. The van der Waals surface area contributed by atoms with Gasteiger partial charge in [0, 0.05) is 11.0 Å². The molecule has 0 saturated carbocycles. The molecule has 6 heteroatoms. The molecule has 1 aliphatic rings. The summed E-state index contributed by atoms with van der Waals surface area (Å²) < 4.78 is 10.8. The Balaban J connectivity index is 1.70. The van der Waals surface area contributed by atoms with Crippen LogP contribution in [0.4, 0.5) is 5.00 Å². The lowest BCUT2D eigenvalue weighted by molar-refractivity contribution is -0.111. The summed E-state index contributed by atoms with van der Waals surface area (Å²) in [6.45, 7) is 4.85. The maximum Gasteiger partial charge on any atom is 0.341 e. The highest BCUT2D eigenvalue weighted by atomic mass is 32.1. The lowest BCUT2D eigenvalue weighted by Gasteiger charge is -2.12. The summed E-state index contributed by atoms with van der Waals surface area (Å²) in [5, 5.41) is 3.47. The Labute approximate surface area is 175 Å². The summed E-state index contributed by atoms with van der Waals surface area (Å²) in [6, 6.07) is 7.59. The van der Waals surface area contributed by atoms with Crippen molar-refractivity contribution in [3.63, 3.8) is 0 Å². The second kappa shape index (κ2) is 10.3. The highest BCUT2D eigenvalue weighted by Crippen LogP contribution is 2.38. The number of carbonyl (C=O) groups is 2. The van der Waals surface area contributed by atoms with Crippen LogP contribution >= 0.6 is 11.3 Å². The number of ether oxygens (including phenoxy) is 2. The van der Waals surface area contributed by atoms with Crippen LogP contribution in [0.2, 0.25) is 0 Å². The summed E-state index contributed by atoms with van der Waals surface area (Å²) >= 11 is 1.49. The molecular formula is C23H27NO4S. The minimum atomic E-state index is -0.353. The average molecular weight is 414 g/mol. The van der Waals surface area contributed by atoms with E-state index in [1.165, 1.54) is 22.3 Å². The van der Waals surface area contributed by atoms with E-state index in [0.29, 0.717) is 23.8 Å². The van der Waals surface area contributed by atoms with Crippen molar-refractivity contribution in [2.45, 2.75) is 46.0 Å². The highest BCUT2D eigenvalue weighted by molar-refractivity contribution is 7.17. The lowest BCUT2D eigenvalue weighted by atomic mass is 9.95. The number of nitrogens with one attached hydrogen (secondary N) is 1. The van der Waals surface area contributed by atoms with Gasteiger partial charge >= 0.3 is 5.97 Å². The first-order valence-electron chi connectivity index (χ1n) is 10.2. The molecule has 2 aromatic rings. The van der Waals surface area contributed by atoms with Gasteiger partial charge in [0.1, 0.15) is 10.8 Å². The summed E-state index contributed by atoms with van der Waals surface area (Å²) in [7, 11) is 0. The van der Waals surface area contributed by atoms with E-state index in [4.69, 9.17) is 9.47 Å². The van der Waals surface area contributed by atoms with Crippen molar-refractivity contribution in [1.82, 2.24) is 0 Å². The van der Waals surface area contributed by atoms with E-state index in [9.17, 15) is 9.59 Å².